The number of carbonyl (C=O) groups is 1. The highest BCUT2D eigenvalue weighted by Crippen LogP contribution is 2.25. The fraction of sp³-hybridized carbons (Fsp3) is 0.529. The van der Waals surface area contributed by atoms with Gasteiger partial charge in [0.05, 0.1) is 16.7 Å². The molecule has 6 nitrogen and oxygen atoms in total. The molecule has 2 N–H and O–H groups in total. The summed E-state index contributed by atoms with van der Waals surface area (Å²) < 4.78 is 0. The van der Waals surface area contributed by atoms with Crippen molar-refractivity contribution in [2.24, 2.45) is 0 Å². The third kappa shape index (κ3) is 3.64. The SMILES string of the molecule is N#Cc1ccc(NC(=O)N2CCN([C@@H]3CCC[C@@H]3O)CC2)cc1Cl. The molecule has 0 unspecified atom stereocenters. The van der Waals surface area contributed by atoms with Gasteiger partial charge in [-0.15, -0.1) is 0 Å². The Bertz CT molecular complexity index is 652. The van der Waals surface area contributed by atoms with Gasteiger partial charge in [-0.25, -0.2) is 4.79 Å². The minimum atomic E-state index is -0.230. The van der Waals surface area contributed by atoms with Crippen LogP contribution in [0.3, 0.4) is 0 Å². The van der Waals surface area contributed by atoms with Gasteiger partial charge in [0.1, 0.15) is 6.07 Å². The summed E-state index contributed by atoms with van der Waals surface area (Å²) in [6.07, 6.45) is 2.76. The molecule has 1 aromatic rings. The van der Waals surface area contributed by atoms with Crippen molar-refractivity contribution in [2.75, 3.05) is 31.5 Å². The van der Waals surface area contributed by atoms with Gasteiger partial charge in [-0.2, -0.15) is 5.26 Å². The lowest BCUT2D eigenvalue weighted by Gasteiger charge is -2.39. The molecule has 2 atom stereocenters. The number of piperazine rings is 1. The second-order valence-corrected chi connectivity index (χ2v) is 6.73. The van der Waals surface area contributed by atoms with Crippen LogP contribution in [0.25, 0.3) is 0 Å². The average molecular weight is 349 g/mol. The van der Waals surface area contributed by atoms with Crippen molar-refractivity contribution in [2.45, 2.75) is 31.4 Å². The number of nitrogens with zero attached hydrogens (tertiary/aromatic N) is 3. The van der Waals surface area contributed by atoms with Gasteiger partial charge in [0.15, 0.2) is 0 Å². The normalized spacial score (nSPS) is 24.6. The number of hydrogen-bond acceptors (Lipinski definition) is 4. The van der Waals surface area contributed by atoms with Crippen LogP contribution in [0.5, 0.6) is 0 Å². The van der Waals surface area contributed by atoms with Gasteiger partial charge in [-0.1, -0.05) is 11.6 Å². The smallest absolute Gasteiger partial charge is 0.321 e. The maximum absolute atomic E-state index is 12.4. The zero-order valence-corrected chi connectivity index (χ0v) is 14.2. The Morgan fingerprint density at radius 3 is 2.62 bits per heavy atom. The fourth-order valence-electron chi connectivity index (χ4n) is 3.49. The minimum Gasteiger partial charge on any atom is -0.391 e. The van der Waals surface area contributed by atoms with E-state index < -0.39 is 0 Å². The molecule has 7 heteroatoms. The van der Waals surface area contributed by atoms with Gasteiger partial charge in [0.2, 0.25) is 0 Å². The molecule has 0 radical (unpaired) electrons. The molecule has 1 heterocycles. The number of aliphatic hydroxyl groups is 1. The summed E-state index contributed by atoms with van der Waals surface area (Å²) in [5.41, 5.74) is 0.969. The number of anilines is 1. The molecule has 0 spiro atoms. The first-order chi connectivity index (χ1) is 11.6. The molecule has 0 aromatic heterocycles. The van der Waals surface area contributed by atoms with Crippen LogP contribution >= 0.6 is 11.6 Å². The van der Waals surface area contributed by atoms with Gasteiger partial charge >= 0.3 is 6.03 Å². The van der Waals surface area contributed by atoms with E-state index in [9.17, 15) is 9.90 Å². The zero-order chi connectivity index (χ0) is 17.1. The number of carbonyl (C=O) groups excluding carboxylic acids is 1. The summed E-state index contributed by atoms with van der Waals surface area (Å²) in [4.78, 5) is 16.4. The molecule has 1 aliphatic heterocycles. The number of aliphatic hydroxyl groups excluding tert-OH is 1. The van der Waals surface area contributed by atoms with Crippen LogP contribution in [0.1, 0.15) is 24.8 Å². The summed E-state index contributed by atoms with van der Waals surface area (Å²) in [6.45, 7) is 2.84. The highest BCUT2D eigenvalue weighted by Gasteiger charge is 2.33. The average Bonchev–Trinajstić information content (AvgIpc) is 3.01. The number of hydrogen-bond donors (Lipinski definition) is 2. The second kappa shape index (κ2) is 7.39. The summed E-state index contributed by atoms with van der Waals surface area (Å²) >= 11 is 5.99. The van der Waals surface area contributed by atoms with Crippen LogP contribution in [0.15, 0.2) is 18.2 Å². The molecule has 1 aliphatic carbocycles. The van der Waals surface area contributed by atoms with Crippen molar-refractivity contribution in [3.8, 4) is 6.07 Å². The van der Waals surface area contributed by atoms with Crippen molar-refractivity contribution < 1.29 is 9.90 Å². The van der Waals surface area contributed by atoms with Crippen LogP contribution in [0.2, 0.25) is 5.02 Å². The van der Waals surface area contributed by atoms with Crippen LogP contribution < -0.4 is 5.32 Å². The van der Waals surface area contributed by atoms with Crippen LogP contribution in [0, 0.1) is 11.3 Å². The van der Waals surface area contributed by atoms with Gasteiger partial charge in [0.25, 0.3) is 0 Å². The van der Waals surface area contributed by atoms with E-state index in [4.69, 9.17) is 16.9 Å². The molecule has 2 fully saturated rings. The summed E-state index contributed by atoms with van der Waals surface area (Å²) in [6, 6.07) is 6.93. The maximum Gasteiger partial charge on any atom is 0.321 e. The Kier molecular flexibility index (Phi) is 5.24. The number of amides is 2. The van der Waals surface area contributed by atoms with Crippen LogP contribution in [-0.2, 0) is 0 Å². The Hall–Kier alpha value is -1.81. The van der Waals surface area contributed by atoms with E-state index >= 15 is 0 Å². The topological polar surface area (TPSA) is 79.6 Å². The molecular weight excluding hydrogens is 328 g/mol. The predicted molar refractivity (Wildman–Crippen MR) is 92.0 cm³/mol. The van der Waals surface area contributed by atoms with E-state index in [-0.39, 0.29) is 18.2 Å². The quantitative estimate of drug-likeness (QED) is 0.859. The molecule has 1 saturated heterocycles. The van der Waals surface area contributed by atoms with Crippen molar-refractivity contribution in [1.29, 1.82) is 5.26 Å². The summed E-state index contributed by atoms with van der Waals surface area (Å²) in [5.74, 6) is 0. The Labute approximate surface area is 146 Å². The standard InChI is InChI=1S/C17H21ClN4O2/c18-14-10-13(5-4-12(14)11-19)20-17(24)22-8-6-21(7-9-22)15-2-1-3-16(15)23/h4-5,10,15-16,23H,1-3,6-9H2,(H,20,24)/t15-,16+/m1/s1. The lowest BCUT2D eigenvalue weighted by Crippen LogP contribution is -2.54. The minimum absolute atomic E-state index is 0.164. The number of nitriles is 1. The summed E-state index contributed by atoms with van der Waals surface area (Å²) in [5, 5.41) is 22.0. The van der Waals surface area contributed by atoms with E-state index in [0.29, 0.717) is 29.4 Å². The van der Waals surface area contributed by atoms with Gasteiger partial charge in [-0.05, 0) is 37.5 Å². The van der Waals surface area contributed by atoms with Crippen LogP contribution in [0.4, 0.5) is 10.5 Å². The first-order valence-corrected chi connectivity index (χ1v) is 8.64. The number of rotatable bonds is 2. The Morgan fingerprint density at radius 1 is 1.29 bits per heavy atom. The lowest BCUT2D eigenvalue weighted by atomic mass is 10.1. The first kappa shape index (κ1) is 17.0. The molecule has 3 rings (SSSR count). The maximum atomic E-state index is 12.4. The number of urea groups is 1. The molecule has 2 amide bonds. The second-order valence-electron chi connectivity index (χ2n) is 6.33. The number of nitrogens with one attached hydrogen (secondary N) is 1. The highest BCUT2D eigenvalue weighted by atomic mass is 35.5. The monoisotopic (exact) mass is 348 g/mol. The van der Waals surface area contributed by atoms with E-state index in [2.05, 4.69) is 10.2 Å². The van der Waals surface area contributed by atoms with Crippen molar-refractivity contribution in [1.82, 2.24) is 9.80 Å². The Morgan fingerprint density at radius 2 is 2.04 bits per heavy atom. The van der Waals surface area contributed by atoms with E-state index in [1.165, 1.54) is 0 Å². The van der Waals surface area contributed by atoms with Gasteiger partial charge in [-0.3, -0.25) is 4.90 Å². The number of halogens is 1. The lowest BCUT2D eigenvalue weighted by molar-refractivity contribution is 0.0447. The Balaban J connectivity index is 1.54. The third-order valence-corrected chi connectivity index (χ3v) is 5.17. The highest BCUT2D eigenvalue weighted by molar-refractivity contribution is 6.32. The molecule has 24 heavy (non-hydrogen) atoms. The molecule has 0 bridgehead atoms. The van der Waals surface area contributed by atoms with Crippen LogP contribution in [-0.4, -0.2) is 59.3 Å². The fourth-order valence-corrected chi connectivity index (χ4v) is 3.71. The third-order valence-electron chi connectivity index (χ3n) is 4.86. The zero-order valence-electron chi connectivity index (χ0n) is 13.4. The van der Waals surface area contributed by atoms with E-state index in [0.717, 1.165) is 32.4 Å². The first-order valence-electron chi connectivity index (χ1n) is 8.26. The molecule has 2 aliphatic rings. The van der Waals surface area contributed by atoms with Crippen molar-refractivity contribution in [3.05, 3.63) is 28.8 Å². The van der Waals surface area contributed by atoms with Gasteiger partial charge in [0, 0.05) is 37.9 Å². The molecular formula is C17H21ClN4O2. The summed E-state index contributed by atoms with van der Waals surface area (Å²) in [7, 11) is 0. The van der Waals surface area contributed by atoms with Crippen molar-refractivity contribution >= 4 is 23.3 Å². The largest absolute Gasteiger partial charge is 0.391 e. The predicted octanol–water partition coefficient (Wildman–Crippen LogP) is 2.27. The van der Waals surface area contributed by atoms with E-state index in [1.54, 1.807) is 23.1 Å². The van der Waals surface area contributed by atoms with Gasteiger partial charge < -0.3 is 15.3 Å². The number of benzene rings is 1. The van der Waals surface area contributed by atoms with E-state index in [1.807, 2.05) is 6.07 Å². The molecule has 128 valence electrons. The molecule has 1 aromatic carbocycles. The molecule has 1 saturated carbocycles. The van der Waals surface area contributed by atoms with Crippen molar-refractivity contribution in [3.63, 3.8) is 0 Å².